The Kier molecular flexibility index (Phi) is 10.9. The van der Waals surface area contributed by atoms with Gasteiger partial charge in [-0.1, -0.05) is 69.3 Å². The van der Waals surface area contributed by atoms with Gasteiger partial charge >= 0.3 is 6.09 Å². The van der Waals surface area contributed by atoms with Crippen LogP contribution in [0.5, 0.6) is 0 Å². The highest BCUT2D eigenvalue weighted by Crippen LogP contribution is 2.36. The van der Waals surface area contributed by atoms with E-state index < -0.39 is 6.09 Å². The van der Waals surface area contributed by atoms with Crippen LogP contribution in [-0.4, -0.2) is 86.8 Å². The topological polar surface area (TPSA) is 165 Å². The Labute approximate surface area is 279 Å². The van der Waals surface area contributed by atoms with E-state index in [0.717, 1.165) is 40.1 Å². The lowest BCUT2D eigenvalue weighted by molar-refractivity contribution is -0.133. The first-order valence-corrected chi connectivity index (χ1v) is 16.0. The molecule has 1 aliphatic rings. The van der Waals surface area contributed by atoms with Gasteiger partial charge in [-0.15, -0.1) is 0 Å². The van der Waals surface area contributed by atoms with Crippen molar-refractivity contribution in [3.05, 3.63) is 72.6 Å². The van der Waals surface area contributed by atoms with Gasteiger partial charge < -0.3 is 35.1 Å². The van der Waals surface area contributed by atoms with E-state index in [1.807, 2.05) is 38.1 Å². The summed E-state index contributed by atoms with van der Waals surface area (Å²) in [6.07, 6.45) is 4.37. The number of carbonyl (C=O) groups is 4. The number of nitrogens with one attached hydrogen (secondary N) is 4. The molecule has 5 rings (SSSR count). The van der Waals surface area contributed by atoms with Gasteiger partial charge in [-0.25, -0.2) is 14.8 Å². The van der Waals surface area contributed by atoms with Crippen molar-refractivity contribution in [2.45, 2.75) is 46.3 Å². The molecule has 1 fully saturated rings. The first kappa shape index (κ1) is 33.9. The molecule has 252 valence electrons. The summed E-state index contributed by atoms with van der Waals surface area (Å²) >= 11 is 0. The number of alkyl carbamates (subject to hydrolysis) is 1. The summed E-state index contributed by atoms with van der Waals surface area (Å²) in [5.74, 6) is 1.67. The Morgan fingerprint density at radius 2 is 1.40 bits per heavy atom. The van der Waals surface area contributed by atoms with E-state index in [-0.39, 0.29) is 43.4 Å². The molecule has 4 aromatic rings. The Bertz CT molecular complexity index is 1710. The summed E-state index contributed by atoms with van der Waals surface area (Å²) < 4.78 is 4.57. The number of amides is 4. The molecule has 1 saturated carbocycles. The molecule has 1 aliphatic carbocycles. The maximum Gasteiger partial charge on any atom is 0.407 e. The second-order valence-corrected chi connectivity index (χ2v) is 12.5. The number of H-pyrrole nitrogens is 2. The Balaban J connectivity index is 1.20. The second kappa shape index (κ2) is 15.4. The highest BCUT2D eigenvalue weighted by Gasteiger charge is 2.40. The summed E-state index contributed by atoms with van der Waals surface area (Å²) in [7, 11) is 1.26. The van der Waals surface area contributed by atoms with Gasteiger partial charge in [-0.2, -0.15) is 0 Å². The van der Waals surface area contributed by atoms with Gasteiger partial charge in [0.15, 0.2) is 0 Å². The van der Waals surface area contributed by atoms with E-state index in [2.05, 4.69) is 66.5 Å². The molecule has 13 heteroatoms. The summed E-state index contributed by atoms with van der Waals surface area (Å²) in [6.45, 7) is 7.16. The molecular formula is C35H42N8O5. The fraction of sp³-hybridized carbons (Fsp3) is 0.371. The molecule has 2 aromatic carbocycles. The van der Waals surface area contributed by atoms with Gasteiger partial charge in [0.25, 0.3) is 0 Å². The van der Waals surface area contributed by atoms with Gasteiger partial charge in [-0.3, -0.25) is 14.4 Å². The van der Waals surface area contributed by atoms with Crippen LogP contribution in [-0.2, 0) is 32.2 Å². The number of methoxy groups -OCH3 is 1. The third-order valence-electron chi connectivity index (χ3n) is 8.27. The van der Waals surface area contributed by atoms with Crippen LogP contribution >= 0.6 is 0 Å². The zero-order chi connectivity index (χ0) is 34.2. The van der Waals surface area contributed by atoms with Gasteiger partial charge in [-0.05, 0) is 40.5 Å². The van der Waals surface area contributed by atoms with Crippen LogP contribution in [0.4, 0.5) is 4.79 Å². The van der Waals surface area contributed by atoms with Crippen molar-refractivity contribution in [3.8, 4) is 33.6 Å². The predicted molar refractivity (Wildman–Crippen MR) is 180 cm³/mol. The van der Waals surface area contributed by atoms with Crippen molar-refractivity contribution in [2.24, 2.45) is 11.8 Å². The minimum atomic E-state index is -0.651. The van der Waals surface area contributed by atoms with Crippen molar-refractivity contribution >= 4 is 24.3 Å². The van der Waals surface area contributed by atoms with Crippen LogP contribution in [0.1, 0.15) is 38.8 Å². The van der Waals surface area contributed by atoms with Gasteiger partial charge in [0.1, 0.15) is 18.2 Å². The van der Waals surface area contributed by atoms with Crippen molar-refractivity contribution in [1.29, 1.82) is 0 Å². The molecule has 2 heterocycles. The fourth-order valence-electron chi connectivity index (χ4n) is 5.59. The zero-order valence-corrected chi connectivity index (χ0v) is 27.7. The monoisotopic (exact) mass is 654 g/mol. The van der Waals surface area contributed by atoms with Gasteiger partial charge in [0.05, 0.1) is 50.5 Å². The number of rotatable bonds is 15. The van der Waals surface area contributed by atoms with Gasteiger partial charge in [0.2, 0.25) is 18.2 Å². The Hall–Kier alpha value is -5.46. The van der Waals surface area contributed by atoms with Crippen LogP contribution in [0.25, 0.3) is 33.6 Å². The first-order chi connectivity index (χ1) is 23.1. The van der Waals surface area contributed by atoms with Crippen LogP contribution in [0, 0.1) is 11.8 Å². The van der Waals surface area contributed by atoms with Crippen LogP contribution in [0.2, 0.25) is 0 Å². The number of benzene rings is 2. The lowest BCUT2D eigenvalue weighted by Gasteiger charge is -2.23. The predicted octanol–water partition coefficient (Wildman–Crippen LogP) is 3.96. The Morgan fingerprint density at radius 1 is 0.875 bits per heavy atom. The molecule has 4 amide bonds. The molecule has 0 radical (unpaired) electrons. The highest BCUT2D eigenvalue weighted by atomic mass is 16.5. The van der Waals surface area contributed by atoms with Crippen LogP contribution < -0.4 is 10.6 Å². The SMILES string of the molecule is COC(=O)NCC(=O)N(Cc1ncc(-c2ccc(-c3ccc(-c4cnc(CN(C(=O)CNC=O)[C@@H]5C[C@@H]5C)[nH]4)cc3)cc2)[nH]1)CC(C)C. The lowest BCUT2D eigenvalue weighted by Crippen LogP contribution is -2.41. The second-order valence-electron chi connectivity index (χ2n) is 12.5. The quantitative estimate of drug-likeness (QED) is 0.141. The fourth-order valence-corrected chi connectivity index (χ4v) is 5.59. The minimum Gasteiger partial charge on any atom is -0.453 e. The molecule has 4 N–H and O–H groups in total. The van der Waals surface area contributed by atoms with E-state index in [4.69, 9.17) is 0 Å². The minimum absolute atomic E-state index is 0.0238. The van der Waals surface area contributed by atoms with E-state index in [1.54, 1.807) is 22.2 Å². The largest absolute Gasteiger partial charge is 0.453 e. The average Bonchev–Trinajstić information content (AvgIpc) is 3.41. The maximum atomic E-state index is 12.8. The number of aromatic nitrogens is 4. The molecule has 2 aromatic heterocycles. The summed E-state index contributed by atoms with van der Waals surface area (Å²) in [5.41, 5.74) is 5.74. The number of hydrogen-bond acceptors (Lipinski definition) is 7. The number of hydrogen-bond donors (Lipinski definition) is 4. The van der Waals surface area contributed by atoms with E-state index in [1.165, 1.54) is 7.11 Å². The molecule has 48 heavy (non-hydrogen) atoms. The lowest BCUT2D eigenvalue weighted by atomic mass is 10.0. The first-order valence-electron chi connectivity index (χ1n) is 16.0. The zero-order valence-electron chi connectivity index (χ0n) is 27.7. The number of carbonyl (C=O) groups excluding carboxylic acids is 4. The average molecular weight is 655 g/mol. The summed E-state index contributed by atoms with van der Waals surface area (Å²) in [5, 5.41) is 4.91. The molecule has 0 spiro atoms. The van der Waals surface area contributed by atoms with E-state index in [9.17, 15) is 19.2 Å². The summed E-state index contributed by atoms with van der Waals surface area (Å²) in [6, 6.07) is 16.5. The van der Waals surface area contributed by atoms with Crippen molar-refractivity contribution in [3.63, 3.8) is 0 Å². The molecule has 13 nitrogen and oxygen atoms in total. The van der Waals surface area contributed by atoms with E-state index >= 15 is 0 Å². The molecular weight excluding hydrogens is 612 g/mol. The normalized spacial score (nSPS) is 15.1. The molecule has 2 atom stereocenters. The van der Waals surface area contributed by atoms with Gasteiger partial charge in [0, 0.05) is 12.6 Å². The number of nitrogens with zero attached hydrogens (tertiary/aromatic N) is 4. The van der Waals surface area contributed by atoms with E-state index in [0.29, 0.717) is 37.1 Å². The Morgan fingerprint density at radius 3 is 1.88 bits per heavy atom. The smallest absolute Gasteiger partial charge is 0.407 e. The van der Waals surface area contributed by atoms with Crippen molar-refractivity contribution in [1.82, 2.24) is 40.4 Å². The molecule has 0 saturated heterocycles. The van der Waals surface area contributed by atoms with Crippen molar-refractivity contribution < 1.29 is 23.9 Å². The third-order valence-corrected chi connectivity index (χ3v) is 8.27. The van der Waals surface area contributed by atoms with Crippen molar-refractivity contribution in [2.75, 3.05) is 26.7 Å². The third kappa shape index (κ3) is 8.66. The molecule has 0 aliphatic heterocycles. The molecule has 0 unspecified atom stereocenters. The van der Waals surface area contributed by atoms with Crippen LogP contribution in [0.3, 0.4) is 0 Å². The maximum absolute atomic E-state index is 12.8. The number of ether oxygens (including phenoxy) is 1. The number of imidazole rings is 2. The number of aromatic amines is 2. The highest BCUT2D eigenvalue weighted by molar-refractivity contribution is 5.82. The standard InChI is InChI=1S/C35H42N8O5/c1-22(2)18-42(33(45)17-39-35(47)48-4)19-31-37-14-28(40-31)26-9-5-24(6-10-26)25-7-11-27(12-8-25)29-15-38-32(41-29)20-43(30-13-23(30)3)34(46)16-36-21-44/h5-12,14-15,21-23,30H,13,16-20H2,1-4H3,(H,36,44)(H,37,40)(H,38,41)(H,39,47)/t23-,30+/m0/s1. The molecule has 0 bridgehead atoms. The summed E-state index contributed by atoms with van der Waals surface area (Å²) in [4.78, 5) is 66.7. The van der Waals surface area contributed by atoms with Crippen LogP contribution in [0.15, 0.2) is 60.9 Å².